The third-order valence-electron chi connectivity index (χ3n) is 3.97. The summed E-state index contributed by atoms with van der Waals surface area (Å²) >= 11 is 0. The topological polar surface area (TPSA) is 89.3 Å². The number of aryl methyl sites for hydroxylation is 1. The number of hydrogen-bond acceptors (Lipinski definition) is 4. The molecule has 0 aromatic heterocycles. The van der Waals surface area contributed by atoms with Crippen LogP contribution >= 0.6 is 0 Å². The Hall–Kier alpha value is -2.51. The lowest BCUT2D eigenvalue weighted by atomic mass is 9.95. The van der Waals surface area contributed by atoms with Crippen LogP contribution in [0.2, 0.25) is 0 Å². The Morgan fingerprint density at radius 2 is 1.68 bits per heavy atom. The van der Waals surface area contributed by atoms with Crippen LogP contribution in [0, 0.1) is 23.0 Å². The van der Waals surface area contributed by atoms with E-state index in [1.165, 1.54) is 12.1 Å². The highest BCUT2D eigenvalue weighted by Gasteiger charge is 2.25. The predicted molar refractivity (Wildman–Crippen MR) is 96.7 cm³/mol. The molecular formula is C18H20N2O4S. The molecule has 2 aromatic rings. The first-order chi connectivity index (χ1) is 11.7. The second-order valence-corrected chi connectivity index (χ2v) is 7.57. The van der Waals surface area contributed by atoms with E-state index in [0.717, 1.165) is 5.56 Å². The van der Waals surface area contributed by atoms with E-state index in [1.54, 1.807) is 42.5 Å². The average molecular weight is 360 g/mol. The highest BCUT2D eigenvalue weighted by atomic mass is 32.2. The summed E-state index contributed by atoms with van der Waals surface area (Å²) in [5.74, 6) is -0.207. The Bertz CT molecular complexity index is 859. The van der Waals surface area contributed by atoms with E-state index in [4.69, 9.17) is 0 Å². The summed E-state index contributed by atoms with van der Waals surface area (Å²) in [5, 5.41) is 10.8. The van der Waals surface area contributed by atoms with Crippen molar-refractivity contribution >= 4 is 15.7 Å². The number of sulfonamides is 1. The highest BCUT2D eigenvalue weighted by Crippen LogP contribution is 2.27. The molecule has 2 rings (SSSR count). The van der Waals surface area contributed by atoms with E-state index in [-0.39, 0.29) is 16.5 Å². The first-order valence-corrected chi connectivity index (χ1v) is 9.19. The molecule has 25 heavy (non-hydrogen) atoms. The van der Waals surface area contributed by atoms with Gasteiger partial charge >= 0.3 is 0 Å². The van der Waals surface area contributed by atoms with Gasteiger partial charge in [0.05, 0.1) is 15.9 Å². The first-order valence-electron chi connectivity index (χ1n) is 7.70. The zero-order valence-corrected chi connectivity index (χ0v) is 14.9. The molecule has 0 fully saturated rings. The SMILES string of the molecule is C=CC(C)C(NS(=O)(=O)c1ccc(C)cc1)c1ccc([N+](=O)[O-])cc1. The van der Waals surface area contributed by atoms with Crippen molar-refractivity contribution in [2.45, 2.75) is 24.8 Å². The summed E-state index contributed by atoms with van der Waals surface area (Å²) in [6.07, 6.45) is 1.64. The van der Waals surface area contributed by atoms with E-state index in [1.807, 2.05) is 13.8 Å². The summed E-state index contributed by atoms with van der Waals surface area (Å²) in [4.78, 5) is 10.5. The fourth-order valence-electron chi connectivity index (χ4n) is 2.37. The molecule has 0 spiro atoms. The van der Waals surface area contributed by atoms with Gasteiger partial charge < -0.3 is 0 Å². The molecule has 0 saturated heterocycles. The molecule has 0 saturated carbocycles. The lowest BCUT2D eigenvalue weighted by molar-refractivity contribution is -0.384. The van der Waals surface area contributed by atoms with E-state index < -0.39 is 21.0 Å². The summed E-state index contributed by atoms with van der Waals surface area (Å²) < 4.78 is 28.0. The Morgan fingerprint density at radius 1 is 1.12 bits per heavy atom. The minimum absolute atomic E-state index is 0.0462. The van der Waals surface area contributed by atoms with Gasteiger partial charge in [0.15, 0.2) is 0 Å². The van der Waals surface area contributed by atoms with Gasteiger partial charge in [-0.2, -0.15) is 0 Å². The Labute approximate surface area is 147 Å². The Morgan fingerprint density at radius 3 is 2.16 bits per heavy atom. The van der Waals surface area contributed by atoms with Crippen LogP contribution in [0.5, 0.6) is 0 Å². The van der Waals surface area contributed by atoms with Crippen LogP contribution in [0.25, 0.3) is 0 Å². The molecule has 0 bridgehead atoms. The molecule has 2 atom stereocenters. The van der Waals surface area contributed by atoms with Crippen LogP contribution in [0.15, 0.2) is 66.1 Å². The molecule has 0 radical (unpaired) electrons. The molecule has 6 nitrogen and oxygen atoms in total. The first kappa shape index (κ1) is 18.8. The average Bonchev–Trinajstić information content (AvgIpc) is 2.59. The zero-order valence-electron chi connectivity index (χ0n) is 14.0. The lowest BCUT2D eigenvalue weighted by Gasteiger charge is -2.23. The number of nitrogens with zero attached hydrogens (tertiary/aromatic N) is 1. The van der Waals surface area contributed by atoms with Gasteiger partial charge in [-0.15, -0.1) is 6.58 Å². The van der Waals surface area contributed by atoms with Crippen molar-refractivity contribution in [3.05, 3.63) is 82.4 Å². The van der Waals surface area contributed by atoms with Gasteiger partial charge in [0.2, 0.25) is 10.0 Å². The van der Waals surface area contributed by atoms with E-state index in [2.05, 4.69) is 11.3 Å². The standard InChI is InChI=1S/C18H20N2O4S/c1-4-14(3)18(15-7-9-16(10-8-15)20(21)22)19-25(23,24)17-11-5-13(2)6-12-17/h4-12,14,18-19H,1H2,2-3H3. The molecule has 7 heteroatoms. The summed E-state index contributed by atoms with van der Waals surface area (Å²) in [7, 11) is -3.74. The number of nitrogens with one attached hydrogen (secondary N) is 1. The number of benzene rings is 2. The van der Waals surface area contributed by atoms with Gasteiger partial charge in [0.1, 0.15) is 0 Å². The fraction of sp³-hybridized carbons (Fsp3) is 0.222. The van der Waals surface area contributed by atoms with Crippen LogP contribution in [-0.4, -0.2) is 13.3 Å². The zero-order chi connectivity index (χ0) is 18.6. The molecule has 0 aliphatic heterocycles. The van der Waals surface area contributed by atoms with Crippen molar-refractivity contribution < 1.29 is 13.3 Å². The van der Waals surface area contributed by atoms with Crippen molar-refractivity contribution in [2.75, 3.05) is 0 Å². The molecule has 132 valence electrons. The normalized spacial score (nSPS) is 13.8. The lowest BCUT2D eigenvalue weighted by Crippen LogP contribution is -2.32. The largest absolute Gasteiger partial charge is 0.269 e. The second-order valence-electron chi connectivity index (χ2n) is 5.86. The molecular weight excluding hydrogens is 340 g/mol. The van der Waals surface area contributed by atoms with Crippen molar-refractivity contribution in [2.24, 2.45) is 5.92 Å². The van der Waals surface area contributed by atoms with Gasteiger partial charge in [-0.25, -0.2) is 13.1 Å². The molecule has 1 N–H and O–H groups in total. The van der Waals surface area contributed by atoms with E-state index in [9.17, 15) is 18.5 Å². The van der Waals surface area contributed by atoms with Crippen molar-refractivity contribution in [3.8, 4) is 0 Å². The monoisotopic (exact) mass is 360 g/mol. The van der Waals surface area contributed by atoms with Gasteiger partial charge in [-0.3, -0.25) is 10.1 Å². The fourth-order valence-corrected chi connectivity index (χ4v) is 3.69. The van der Waals surface area contributed by atoms with Gasteiger partial charge in [0.25, 0.3) is 5.69 Å². The van der Waals surface area contributed by atoms with Crippen LogP contribution in [0.4, 0.5) is 5.69 Å². The van der Waals surface area contributed by atoms with Crippen LogP contribution < -0.4 is 4.72 Å². The maximum absolute atomic E-state index is 12.7. The smallest absolute Gasteiger partial charge is 0.258 e. The van der Waals surface area contributed by atoms with Crippen LogP contribution in [0.1, 0.15) is 24.1 Å². The number of nitro groups is 1. The Balaban J connectivity index is 2.36. The predicted octanol–water partition coefficient (Wildman–Crippen LogP) is 3.74. The van der Waals surface area contributed by atoms with Gasteiger partial charge in [0, 0.05) is 12.1 Å². The van der Waals surface area contributed by atoms with Crippen LogP contribution in [-0.2, 0) is 10.0 Å². The van der Waals surface area contributed by atoms with E-state index >= 15 is 0 Å². The van der Waals surface area contributed by atoms with Crippen molar-refractivity contribution in [1.82, 2.24) is 4.72 Å². The second kappa shape index (κ2) is 7.58. The third kappa shape index (κ3) is 4.52. The molecule has 0 amide bonds. The van der Waals surface area contributed by atoms with Gasteiger partial charge in [-0.1, -0.05) is 42.8 Å². The minimum atomic E-state index is -3.74. The number of nitro benzene ring substituents is 1. The maximum atomic E-state index is 12.7. The highest BCUT2D eigenvalue weighted by molar-refractivity contribution is 7.89. The summed E-state index contributed by atoms with van der Waals surface area (Å²) in [6.45, 7) is 7.43. The van der Waals surface area contributed by atoms with Crippen LogP contribution in [0.3, 0.4) is 0 Å². The third-order valence-corrected chi connectivity index (χ3v) is 5.43. The molecule has 0 aliphatic carbocycles. The molecule has 0 heterocycles. The molecule has 2 aromatic carbocycles. The summed E-state index contributed by atoms with van der Waals surface area (Å²) in [5.41, 5.74) is 1.55. The quantitative estimate of drug-likeness (QED) is 0.463. The molecule has 0 aliphatic rings. The molecule has 2 unspecified atom stereocenters. The minimum Gasteiger partial charge on any atom is -0.258 e. The number of non-ortho nitro benzene ring substituents is 1. The Kier molecular flexibility index (Phi) is 5.71. The number of rotatable bonds is 7. The van der Waals surface area contributed by atoms with Gasteiger partial charge in [-0.05, 0) is 30.5 Å². The number of hydrogen-bond donors (Lipinski definition) is 1. The van der Waals surface area contributed by atoms with Crippen molar-refractivity contribution in [3.63, 3.8) is 0 Å². The van der Waals surface area contributed by atoms with E-state index in [0.29, 0.717) is 5.56 Å². The summed E-state index contributed by atoms with van der Waals surface area (Å²) in [6, 6.07) is 11.8. The van der Waals surface area contributed by atoms with Crippen molar-refractivity contribution in [1.29, 1.82) is 0 Å². The maximum Gasteiger partial charge on any atom is 0.269 e.